The second kappa shape index (κ2) is 8.16. The van der Waals surface area contributed by atoms with Gasteiger partial charge in [0.15, 0.2) is 6.61 Å². The maximum atomic E-state index is 11.6. The highest BCUT2D eigenvalue weighted by molar-refractivity contribution is 5.77. The van der Waals surface area contributed by atoms with Crippen molar-refractivity contribution in [2.75, 3.05) is 20.7 Å². The average Bonchev–Trinajstić information content (AvgIpc) is 3.02. The summed E-state index contributed by atoms with van der Waals surface area (Å²) < 4.78 is 7.52. The summed E-state index contributed by atoms with van der Waals surface area (Å²) in [6.45, 7) is 7.91. The molecule has 6 heteroatoms. The second-order valence-corrected chi connectivity index (χ2v) is 7.29. The third-order valence-electron chi connectivity index (χ3n) is 3.74. The smallest absolute Gasteiger partial charge is 0.259 e. The Morgan fingerprint density at radius 1 is 1.24 bits per heavy atom. The van der Waals surface area contributed by atoms with E-state index in [1.807, 2.05) is 35.1 Å². The molecule has 0 radical (unpaired) electrons. The fraction of sp³-hybridized carbons (Fsp3) is 0.474. The Hall–Kier alpha value is -2.34. The first-order valence-corrected chi connectivity index (χ1v) is 8.42. The molecule has 0 aliphatic rings. The zero-order valence-electron chi connectivity index (χ0n) is 15.7. The fourth-order valence-electron chi connectivity index (χ4n) is 2.19. The average molecular weight is 344 g/mol. The number of carbonyl (C=O) groups excluding carboxylic acids is 1. The number of nitrogens with zero attached hydrogens (tertiary/aromatic N) is 3. The predicted octanol–water partition coefficient (Wildman–Crippen LogP) is 2.39. The molecule has 0 unspecified atom stereocenters. The van der Waals surface area contributed by atoms with Gasteiger partial charge in [0.05, 0.1) is 11.7 Å². The van der Waals surface area contributed by atoms with Crippen LogP contribution in [0, 0.1) is 0 Å². The van der Waals surface area contributed by atoms with Crippen LogP contribution in [-0.2, 0) is 23.4 Å². The number of ether oxygens (including phenoxy) is 1. The Morgan fingerprint density at radius 3 is 2.60 bits per heavy atom. The van der Waals surface area contributed by atoms with E-state index in [0.29, 0.717) is 5.75 Å². The van der Waals surface area contributed by atoms with E-state index in [0.717, 1.165) is 24.2 Å². The minimum absolute atomic E-state index is 0.00604. The molecule has 0 aliphatic heterocycles. The number of carbonyl (C=O) groups is 1. The summed E-state index contributed by atoms with van der Waals surface area (Å²) in [5, 5.41) is 7.81. The second-order valence-electron chi connectivity index (χ2n) is 7.29. The van der Waals surface area contributed by atoms with Crippen LogP contribution in [-0.4, -0.2) is 41.3 Å². The monoisotopic (exact) mass is 344 g/mol. The van der Waals surface area contributed by atoms with Gasteiger partial charge in [-0.15, -0.1) is 0 Å². The summed E-state index contributed by atoms with van der Waals surface area (Å²) in [6, 6.07) is 7.78. The molecular weight excluding hydrogens is 316 g/mol. The Bertz CT molecular complexity index is 701. The van der Waals surface area contributed by atoms with Crippen LogP contribution < -0.4 is 10.1 Å². The number of nitrogens with one attached hydrogen (secondary N) is 1. The number of hydrogen-bond acceptors (Lipinski definition) is 4. The van der Waals surface area contributed by atoms with Gasteiger partial charge in [0.1, 0.15) is 5.75 Å². The van der Waals surface area contributed by atoms with Gasteiger partial charge >= 0.3 is 0 Å². The van der Waals surface area contributed by atoms with Gasteiger partial charge in [0, 0.05) is 38.9 Å². The van der Waals surface area contributed by atoms with Crippen molar-refractivity contribution in [3.05, 3.63) is 47.8 Å². The zero-order chi connectivity index (χ0) is 18.4. The van der Waals surface area contributed by atoms with Crippen LogP contribution in [0.1, 0.15) is 31.9 Å². The quantitative estimate of drug-likeness (QED) is 0.838. The molecule has 0 fully saturated rings. The van der Waals surface area contributed by atoms with Crippen LogP contribution in [0.2, 0.25) is 0 Å². The fourth-order valence-corrected chi connectivity index (χ4v) is 2.19. The van der Waals surface area contributed by atoms with Gasteiger partial charge in [-0.2, -0.15) is 5.10 Å². The molecule has 2 aromatic rings. The minimum atomic E-state index is -0.0561. The molecule has 0 atom stereocenters. The van der Waals surface area contributed by atoms with Crippen LogP contribution in [0.5, 0.6) is 5.75 Å². The van der Waals surface area contributed by atoms with E-state index in [1.54, 1.807) is 14.1 Å². The van der Waals surface area contributed by atoms with Crippen molar-refractivity contribution in [1.29, 1.82) is 0 Å². The lowest BCUT2D eigenvalue weighted by Gasteiger charge is -2.18. The van der Waals surface area contributed by atoms with Crippen LogP contribution in [0.25, 0.3) is 0 Å². The van der Waals surface area contributed by atoms with Gasteiger partial charge in [0.2, 0.25) is 0 Å². The first-order chi connectivity index (χ1) is 11.8. The maximum Gasteiger partial charge on any atom is 0.259 e. The maximum absolute atomic E-state index is 11.6. The highest BCUT2D eigenvalue weighted by atomic mass is 16.5. The van der Waals surface area contributed by atoms with Gasteiger partial charge in [0.25, 0.3) is 5.91 Å². The Kier molecular flexibility index (Phi) is 6.20. The minimum Gasteiger partial charge on any atom is -0.484 e. The summed E-state index contributed by atoms with van der Waals surface area (Å²) in [6.07, 6.45) is 3.96. The van der Waals surface area contributed by atoms with Crippen LogP contribution in [0.15, 0.2) is 36.7 Å². The summed E-state index contributed by atoms with van der Waals surface area (Å²) >= 11 is 0. The van der Waals surface area contributed by atoms with Crippen molar-refractivity contribution in [2.45, 2.75) is 39.4 Å². The molecule has 0 saturated carbocycles. The molecule has 0 spiro atoms. The number of likely N-dealkylation sites (N-methyl/N-ethyl adjacent to an activating group) is 1. The lowest BCUT2D eigenvalue weighted by atomic mass is 10.1. The molecule has 1 N–H and O–H groups in total. The van der Waals surface area contributed by atoms with Gasteiger partial charge in [-0.3, -0.25) is 9.48 Å². The van der Waals surface area contributed by atoms with E-state index < -0.39 is 0 Å². The lowest BCUT2D eigenvalue weighted by Crippen LogP contribution is -2.27. The molecule has 0 bridgehead atoms. The van der Waals surface area contributed by atoms with E-state index >= 15 is 0 Å². The van der Waals surface area contributed by atoms with Crippen molar-refractivity contribution in [1.82, 2.24) is 20.0 Å². The molecule has 25 heavy (non-hydrogen) atoms. The normalized spacial score (nSPS) is 11.4. The number of aromatic nitrogens is 2. The van der Waals surface area contributed by atoms with Gasteiger partial charge in [-0.05, 0) is 38.5 Å². The highest BCUT2D eigenvalue weighted by Gasteiger charge is 2.13. The molecule has 136 valence electrons. The van der Waals surface area contributed by atoms with Crippen molar-refractivity contribution in [3.8, 4) is 5.75 Å². The Balaban J connectivity index is 1.84. The number of hydrogen-bond donors (Lipinski definition) is 1. The summed E-state index contributed by atoms with van der Waals surface area (Å²) in [4.78, 5) is 13.1. The molecule has 1 amide bonds. The van der Waals surface area contributed by atoms with Crippen molar-refractivity contribution in [3.63, 3.8) is 0 Å². The van der Waals surface area contributed by atoms with E-state index in [2.05, 4.69) is 37.4 Å². The molecule has 1 aromatic carbocycles. The Morgan fingerprint density at radius 2 is 1.96 bits per heavy atom. The predicted molar refractivity (Wildman–Crippen MR) is 98.4 cm³/mol. The van der Waals surface area contributed by atoms with Crippen LogP contribution in [0.3, 0.4) is 0 Å². The lowest BCUT2D eigenvalue weighted by molar-refractivity contribution is -0.130. The summed E-state index contributed by atoms with van der Waals surface area (Å²) in [5.41, 5.74) is 2.26. The van der Waals surface area contributed by atoms with E-state index in [-0.39, 0.29) is 18.1 Å². The number of benzene rings is 1. The molecular formula is C19H28N4O2. The standard InChI is InChI=1S/C19H28N4O2/c1-19(2,3)23-13-16(12-21-23)11-20-10-15-7-6-8-17(9-15)25-14-18(24)22(4)5/h6-9,12-13,20H,10-11,14H2,1-5H3. The third kappa shape index (κ3) is 5.90. The zero-order valence-corrected chi connectivity index (χ0v) is 15.7. The molecule has 1 aromatic heterocycles. The summed E-state index contributed by atoms with van der Waals surface area (Å²) in [5.74, 6) is 0.648. The highest BCUT2D eigenvalue weighted by Crippen LogP contribution is 2.15. The first kappa shape index (κ1) is 19.0. The summed E-state index contributed by atoms with van der Waals surface area (Å²) in [7, 11) is 3.43. The van der Waals surface area contributed by atoms with Crippen LogP contribution in [0.4, 0.5) is 0 Å². The van der Waals surface area contributed by atoms with Crippen molar-refractivity contribution in [2.24, 2.45) is 0 Å². The molecule has 0 aliphatic carbocycles. The largest absolute Gasteiger partial charge is 0.484 e. The van der Waals surface area contributed by atoms with Crippen molar-refractivity contribution < 1.29 is 9.53 Å². The molecule has 6 nitrogen and oxygen atoms in total. The van der Waals surface area contributed by atoms with Gasteiger partial charge in [-0.1, -0.05) is 12.1 Å². The van der Waals surface area contributed by atoms with Gasteiger partial charge < -0.3 is 15.0 Å². The van der Waals surface area contributed by atoms with E-state index in [4.69, 9.17) is 4.74 Å². The molecule has 0 saturated heterocycles. The first-order valence-electron chi connectivity index (χ1n) is 8.42. The van der Waals surface area contributed by atoms with Crippen LogP contribution >= 0.6 is 0 Å². The van der Waals surface area contributed by atoms with Gasteiger partial charge in [-0.25, -0.2) is 0 Å². The topological polar surface area (TPSA) is 59.4 Å². The SMILES string of the molecule is CN(C)C(=O)COc1cccc(CNCc2cnn(C(C)(C)C)c2)c1. The number of amides is 1. The third-order valence-corrected chi connectivity index (χ3v) is 3.74. The van der Waals surface area contributed by atoms with Crippen molar-refractivity contribution >= 4 is 5.91 Å². The van der Waals surface area contributed by atoms with E-state index in [9.17, 15) is 4.79 Å². The number of rotatable bonds is 7. The van der Waals surface area contributed by atoms with E-state index in [1.165, 1.54) is 4.90 Å². The molecule has 2 rings (SSSR count). The molecule has 1 heterocycles. The Labute approximate surface area is 149 Å².